The molecule has 3 rings (SSSR count). The molecular formula is C28H33Cl2N3O7S. The van der Waals surface area contributed by atoms with E-state index in [9.17, 15) is 22.8 Å². The maximum atomic E-state index is 13.9. The highest BCUT2D eigenvalue weighted by atomic mass is 35.5. The number of hydrogen-bond acceptors (Lipinski definition) is 7. The van der Waals surface area contributed by atoms with Gasteiger partial charge in [0.25, 0.3) is 15.9 Å². The Morgan fingerprint density at radius 3 is 1.95 bits per heavy atom. The fourth-order valence-corrected chi connectivity index (χ4v) is 5.98. The highest BCUT2D eigenvalue weighted by Crippen LogP contribution is 2.33. The highest BCUT2D eigenvalue weighted by molar-refractivity contribution is 7.92. The quantitative estimate of drug-likeness (QED) is 0.310. The lowest BCUT2D eigenvalue weighted by Gasteiger charge is -2.27. The maximum Gasteiger partial charge on any atom is 0.419 e. The van der Waals surface area contributed by atoms with Crippen LogP contribution in [0.3, 0.4) is 0 Å². The fourth-order valence-electron chi connectivity index (χ4n) is 3.85. The number of anilines is 1. The van der Waals surface area contributed by atoms with Crippen molar-refractivity contribution in [3.05, 3.63) is 58.2 Å². The van der Waals surface area contributed by atoms with Gasteiger partial charge in [-0.25, -0.2) is 13.2 Å². The largest absolute Gasteiger partial charge is 0.459 e. The number of aromatic nitrogens is 1. The molecule has 0 spiro atoms. The first-order valence-electron chi connectivity index (χ1n) is 12.5. The number of nitrogens with zero attached hydrogens (tertiary/aromatic N) is 3. The van der Waals surface area contributed by atoms with Gasteiger partial charge in [0.2, 0.25) is 0 Å². The van der Waals surface area contributed by atoms with Crippen LogP contribution in [-0.4, -0.2) is 67.7 Å². The number of carbonyl (C=O) groups excluding carboxylic acids is 3. The Kier molecular flexibility index (Phi) is 9.07. The predicted octanol–water partition coefficient (Wildman–Crippen LogP) is 5.97. The van der Waals surface area contributed by atoms with Crippen LogP contribution in [-0.2, 0) is 24.3 Å². The molecule has 1 amide bonds. The molecule has 0 N–H and O–H groups in total. The minimum Gasteiger partial charge on any atom is -0.459 e. The van der Waals surface area contributed by atoms with Gasteiger partial charge in [-0.15, -0.1) is 0 Å². The molecule has 0 atom stereocenters. The van der Waals surface area contributed by atoms with E-state index < -0.39 is 39.8 Å². The second kappa shape index (κ2) is 11.5. The van der Waals surface area contributed by atoms with Gasteiger partial charge in [-0.05, 0) is 77.9 Å². The third-order valence-corrected chi connectivity index (χ3v) is 7.61. The average molecular weight is 627 g/mol. The lowest BCUT2D eigenvalue weighted by molar-refractivity contribution is -0.152. The van der Waals surface area contributed by atoms with Crippen molar-refractivity contribution >= 4 is 67.8 Å². The fraction of sp³-hybridized carbons (Fsp3) is 0.393. The number of halogens is 2. The van der Waals surface area contributed by atoms with E-state index in [-0.39, 0.29) is 37.6 Å². The number of hydrogen-bond donors (Lipinski definition) is 0. The number of carbonyl (C=O) groups is 3. The van der Waals surface area contributed by atoms with E-state index in [4.69, 9.17) is 32.7 Å². The van der Waals surface area contributed by atoms with Crippen LogP contribution in [0.5, 0.6) is 0 Å². The van der Waals surface area contributed by atoms with Gasteiger partial charge in [0.05, 0.1) is 21.7 Å². The number of benzene rings is 2. The van der Waals surface area contributed by atoms with Crippen LogP contribution in [0.25, 0.3) is 10.9 Å². The van der Waals surface area contributed by atoms with E-state index in [0.717, 1.165) is 8.87 Å². The van der Waals surface area contributed by atoms with Crippen LogP contribution in [0.2, 0.25) is 10.0 Å². The van der Waals surface area contributed by atoms with Crippen molar-refractivity contribution in [3.63, 3.8) is 0 Å². The van der Waals surface area contributed by atoms with Crippen molar-refractivity contribution in [2.45, 2.75) is 57.6 Å². The van der Waals surface area contributed by atoms with Gasteiger partial charge in [-0.3, -0.25) is 18.5 Å². The van der Waals surface area contributed by atoms with Gasteiger partial charge < -0.3 is 14.4 Å². The molecular weight excluding hydrogens is 593 g/mol. The van der Waals surface area contributed by atoms with Gasteiger partial charge in [-0.2, -0.15) is 0 Å². The normalized spacial score (nSPS) is 12.2. The standard InChI is InChI=1S/C28H33Cl2N3O7S/c1-27(2,3)39-24(34)16-33(41(37,38)20-12-17(29)11-18(30)13-20)19-9-10-21-22(25(35)31(7)8)15-32(23(21)14-19)26(36)40-28(4,5)6/h9-15H,16H2,1-8H3. The zero-order chi connectivity index (χ0) is 31.1. The maximum absolute atomic E-state index is 13.9. The van der Waals surface area contributed by atoms with E-state index in [1.54, 1.807) is 55.6 Å². The van der Waals surface area contributed by atoms with Crippen LogP contribution in [0.1, 0.15) is 51.9 Å². The van der Waals surface area contributed by atoms with Gasteiger partial charge in [-0.1, -0.05) is 23.2 Å². The molecule has 0 aliphatic rings. The molecule has 3 aromatic rings. The number of esters is 1. The number of amides is 1. The summed E-state index contributed by atoms with van der Waals surface area (Å²) in [5.41, 5.74) is -1.33. The lowest BCUT2D eigenvalue weighted by atomic mass is 10.1. The van der Waals surface area contributed by atoms with Crippen molar-refractivity contribution in [2.24, 2.45) is 0 Å². The molecule has 0 radical (unpaired) electrons. The van der Waals surface area contributed by atoms with Crippen LogP contribution in [0, 0.1) is 0 Å². The second-order valence-corrected chi connectivity index (χ2v) is 14.2. The van der Waals surface area contributed by atoms with E-state index in [0.29, 0.717) is 5.39 Å². The molecule has 0 bridgehead atoms. The Hall–Kier alpha value is -3.28. The number of ether oxygens (including phenoxy) is 2. The molecule has 0 aliphatic carbocycles. The Morgan fingerprint density at radius 2 is 1.44 bits per heavy atom. The van der Waals surface area contributed by atoms with Crippen LogP contribution in [0.4, 0.5) is 10.5 Å². The van der Waals surface area contributed by atoms with Crippen molar-refractivity contribution < 1.29 is 32.3 Å². The molecule has 0 fully saturated rings. The Balaban J connectivity index is 2.28. The minimum atomic E-state index is -4.44. The summed E-state index contributed by atoms with van der Waals surface area (Å²) in [7, 11) is -1.30. The summed E-state index contributed by atoms with van der Waals surface area (Å²) in [4.78, 5) is 40.1. The van der Waals surface area contributed by atoms with E-state index >= 15 is 0 Å². The smallest absolute Gasteiger partial charge is 0.419 e. The molecule has 2 aromatic carbocycles. The van der Waals surface area contributed by atoms with Crippen molar-refractivity contribution in [1.29, 1.82) is 0 Å². The molecule has 0 saturated heterocycles. The molecule has 13 heteroatoms. The minimum absolute atomic E-state index is 0.0196. The molecule has 1 heterocycles. The van der Waals surface area contributed by atoms with E-state index in [1.807, 2.05) is 0 Å². The summed E-state index contributed by atoms with van der Waals surface area (Å²) < 4.78 is 40.8. The Labute approximate surface area is 249 Å². The summed E-state index contributed by atoms with van der Waals surface area (Å²) in [6.07, 6.45) is 0.564. The zero-order valence-corrected chi connectivity index (χ0v) is 26.4. The summed E-state index contributed by atoms with van der Waals surface area (Å²) >= 11 is 12.2. The summed E-state index contributed by atoms with van der Waals surface area (Å²) in [6, 6.07) is 8.12. The van der Waals surface area contributed by atoms with Gasteiger partial charge in [0.1, 0.15) is 17.7 Å². The molecule has 41 heavy (non-hydrogen) atoms. The summed E-state index contributed by atoms with van der Waals surface area (Å²) in [6.45, 7) is 9.35. The molecule has 0 unspecified atom stereocenters. The average Bonchev–Trinajstić information content (AvgIpc) is 3.18. The lowest BCUT2D eigenvalue weighted by Crippen LogP contribution is -2.39. The third kappa shape index (κ3) is 7.72. The van der Waals surface area contributed by atoms with Crippen molar-refractivity contribution in [3.8, 4) is 0 Å². The topological polar surface area (TPSA) is 115 Å². The first-order valence-corrected chi connectivity index (χ1v) is 14.7. The molecule has 0 saturated carbocycles. The third-order valence-electron chi connectivity index (χ3n) is 5.42. The van der Waals surface area contributed by atoms with E-state index in [2.05, 4.69) is 0 Å². The first kappa shape index (κ1) is 32.2. The zero-order valence-electron chi connectivity index (χ0n) is 24.1. The predicted molar refractivity (Wildman–Crippen MR) is 158 cm³/mol. The number of sulfonamides is 1. The summed E-state index contributed by atoms with van der Waals surface area (Å²) in [5.74, 6) is -1.20. The molecule has 1 aromatic heterocycles. The molecule has 0 aliphatic heterocycles. The first-order chi connectivity index (χ1) is 18.7. The van der Waals surface area contributed by atoms with Crippen LogP contribution in [0.15, 0.2) is 47.5 Å². The Bertz CT molecular complexity index is 1600. The van der Waals surface area contributed by atoms with Gasteiger partial charge >= 0.3 is 12.1 Å². The number of fused-ring (bicyclic) bond motifs is 1. The number of rotatable bonds is 6. The Morgan fingerprint density at radius 1 is 0.878 bits per heavy atom. The van der Waals surface area contributed by atoms with Gasteiger partial charge in [0, 0.05) is 35.7 Å². The molecule has 10 nitrogen and oxygen atoms in total. The summed E-state index contributed by atoms with van der Waals surface area (Å²) in [5, 5.41) is 0.530. The van der Waals surface area contributed by atoms with Crippen molar-refractivity contribution in [2.75, 3.05) is 24.9 Å². The highest BCUT2D eigenvalue weighted by Gasteiger charge is 2.31. The second-order valence-electron chi connectivity index (χ2n) is 11.5. The van der Waals surface area contributed by atoms with Crippen LogP contribution >= 0.6 is 23.2 Å². The SMILES string of the molecule is CN(C)C(=O)c1cn(C(=O)OC(C)(C)C)c2cc(N(CC(=O)OC(C)(C)C)S(=O)(=O)c3cc(Cl)cc(Cl)c3)ccc12. The van der Waals surface area contributed by atoms with Crippen molar-refractivity contribution in [1.82, 2.24) is 9.47 Å². The van der Waals surface area contributed by atoms with E-state index in [1.165, 1.54) is 47.5 Å². The van der Waals surface area contributed by atoms with Crippen LogP contribution < -0.4 is 4.31 Å². The monoisotopic (exact) mass is 625 g/mol. The molecule has 222 valence electrons. The van der Waals surface area contributed by atoms with Gasteiger partial charge in [0.15, 0.2) is 0 Å².